The van der Waals surface area contributed by atoms with Gasteiger partial charge in [-0.15, -0.1) is 0 Å². The third kappa shape index (κ3) is 15.2. The fourth-order valence-corrected chi connectivity index (χ4v) is 4.81. The molecule has 4 unspecified atom stereocenters. The Hall–Kier alpha value is -0.260. The van der Waals surface area contributed by atoms with Gasteiger partial charge in [-0.3, -0.25) is 0 Å². The summed E-state index contributed by atoms with van der Waals surface area (Å²) in [6, 6.07) is 0. The Kier molecular flexibility index (Phi) is 17.3. The molecule has 0 aromatic carbocycles. The Labute approximate surface area is 186 Å². The van der Waals surface area contributed by atoms with Gasteiger partial charge in [-0.2, -0.15) is 0 Å². The second kappa shape index (κ2) is 17.4. The lowest BCUT2D eigenvalue weighted by Gasteiger charge is -2.24. The summed E-state index contributed by atoms with van der Waals surface area (Å²) in [5, 5.41) is 0. The summed E-state index contributed by atoms with van der Waals surface area (Å²) in [4.78, 5) is 0. The van der Waals surface area contributed by atoms with E-state index in [0.29, 0.717) is 5.41 Å². The molecular formula is C29H58. The molecule has 0 saturated carbocycles. The van der Waals surface area contributed by atoms with Gasteiger partial charge in [0, 0.05) is 0 Å². The topological polar surface area (TPSA) is 0 Å². The summed E-state index contributed by atoms with van der Waals surface area (Å²) in [6.07, 6.45) is 24.4. The third-order valence-corrected chi connectivity index (χ3v) is 7.61. The highest BCUT2D eigenvalue weighted by Crippen LogP contribution is 2.30. The van der Waals surface area contributed by atoms with E-state index in [1.807, 2.05) is 0 Å². The first-order valence-corrected chi connectivity index (χ1v) is 13.5. The quantitative estimate of drug-likeness (QED) is 0.148. The first-order chi connectivity index (χ1) is 13.8. The van der Waals surface area contributed by atoms with Crippen LogP contribution in [0.15, 0.2) is 12.2 Å². The SMILES string of the molecule is CCCC(C=CCC(CC)CC(C)CC(CC)CCCCCC(C)(C)CC)CC. The minimum atomic E-state index is 0.552. The van der Waals surface area contributed by atoms with Gasteiger partial charge in [-0.1, -0.05) is 119 Å². The van der Waals surface area contributed by atoms with E-state index in [2.05, 4.69) is 67.5 Å². The van der Waals surface area contributed by atoms with Gasteiger partial charge in [0.15, 0.2) is 0 Å². The van der Waals surface area contributed by atoms with Gasteiger partial charge in [0.25, 0.3) is 0 Å². The van der Waals surface area contributed by atoms with Crippen molar-refractivity contribution in [1.82, 2.24) is 0 Å². The molecule has 0 heteroatoms. The lowest BCUT2D eigenvalue weighted by atomic mass is 9.82. The van der Waals surface area contributed by atoms with E-state index in [-0.39, 0.29) is 0 Å². The Morgan fingerprint density at radius 2 is 1.41 bits per heavy atom. The smallest absolute Gasteiger partial charge is 0.0236 e. The monoisotopic (exact) mass is 406 g/mol. The van der Waals surface area contributed by atoms with Gasteiger partial charge < -0.3 is 0 Å². The Morgan fingerprint density at radius 3 is 1.97 bits per heavy atom. The maximum Gasteiger partial charge on any atom is -0.0236 e. The molecule has 174 valence electrons. The molecule has 0 N–H and O–H groups in total. The second-order valence-electron chi connectivity index (χ2n) is 10.9. The van der Waals surface area contributed by atoms with E-state index in [1.54, 1.807) is 0 Å². The average Bonchev–Trinajstić information content (AvgIpc) is 2.70. The average molecular weight is 407 g/mol. The first-order valence-electron chi connectivity index (χ1n) is 13.5. The van der Waals surface area contributed by atoms with Crippen LogP contribution < -0.4 is 0 Å². The molecule has 0 radical (unpaired) electrons. The van der Waals surface area contributed by atoms with Crippen molar-refractivity contribution in [2.24, 2.45) is 29.1 Å². The first kappa shape index (κ1) is 28.7. The maximum atomic E-state index is 2.52. The van der Waals surface area contributed by atoms with E-state index in [9.17, 15) is 0 Å². The van der Waals surface area contributed by atoms with Crippen LogP contribution in [0.3, 0.4) is 0 Å². The molecule has 0 nitrogen and oxygen atoms in total. The normalized spacial score (nSPS) is 16.8. The molecule has 0 amide bonds. The lowest BCUT2D eigenvalue weighted by Crippen LogP contribution is -2.11. The molecule has 0 saturated heterocycles. The van der Waals surface area contributed by atoms with Crippen molar-refractivity contribution in [3.8, 4) is 0 Å². The van der Waals surface area contributed by atoms with E-state index in [0.717, 1.165) is 23.7 Å². The van der Waals surface area contributed by atoms with Crippen LogP contribution in [0.4, 0.5) is 0 Å². The molecule has 0 heterocycles. The summed E-state index contributed by atoms with van der Waals surface area (Å²) in [7, 11) is 0. The van der Waals surface area contributed by atoms with Gasteiger partial charge in [0.1, 0.15) is 0 Å². The van der Waals surface area contributed by atoms with E-state index < -0.39 is 0 Å². The highest BCUT2D eigenvalue weighted by molar-refractivity contribution is 4.89. The van der Waals surface area contributed by atoms with Crippen LogP contribution in [0.5, 0.6) is 0 Å². The highest BCUT2D eigenvalue weighted by atomic mass is 14.2. The molecule has 0 fully saturated rings. The molecular weight excluding hydrogens is 348 g/mol. The van der Waals surface area contributed by atoms with Gasteiger partial charge in [0.2, 0.25) is 0 Å². The minimum Gasteiger partial charge on any atom is -0.0880 e. The number of unbranched alkanes of at least 4 members (excludes halogenated alkanes) is 2. The molecule has 4 atom stereocenters. The summed E-state index contributed by atoms with van der Waals surface area (Å²) >= 11 is 0. The molecule has 0 aromatic rings. The standard InChI is InChI=1S/C29H58/c1-9-18-26(10-2)20-17-21-28(12-4)24-25(6)23-27(11-3)19-15-14-16-22-29(7,8)13-5/h17,20,25-28H,9-16,18-19,21-24H2,1-8H3. The zero-order chi connectivity index (χ0) is 22.1. The van der Waals surface area contributed by atoms with Gasteiger partial charge >= 0.3 is 0 Å². The highest BCUT2D eigenvalue weighted by Gasteiger charge is 2.17. The molecule has 0 aliphatic rings. The van der Waals surface area contributed by atoms with Crippen LogP contribution in [0.25, 0.3) is 0 Å². The molecule has 0 spiro atoms. The molecule has 0 aromatic heterocycles. The molecule has 0 aliphatic heterocycles. The fraction of sp³-hybridized carbons (Fsp3) is 0.931. The summed E-state index contributed by atoms with van der Waals surface area (Å²) < 4.78 is 0. The number of rotatable bonds is 19. The van der Waals surface area contributed by atoms with Gasteiger partial charge in [-0.05, 0) is 67.6 Å². The molecule has 0 rings (SSSR count). The fourth-order valence-electron chi connectivity index (χ4n) is 4.81. The van der Waals surface area contributed by atoms with Crippen LogP contribution in [0.2, 0.25) is 0 Å². The molecule has 0 aliphatic carbocycles. The zero-order valence-corrected chi connectivity index (χ0v) is 21.9. The molecule has 0 bridgehead atoms. The van der Waals surface area contributed by atoms with Crippen molar-refractivity contribution >= 4 is 0 Å². The predicted molar refractivity (Wildman–Crippen MR) is 136 cm³/mol. The van der Waals surface area contributed by atoms with Crippen molar-refractivity contribution in [2.75, 3.05) is 0 Å². The van der Waals surface area contributed by atoms with Crippen LogP contribution >= 0.6 is 0 Å². The summed E-state index contributed by atoms with van der Waals surface area (Å²) in [5.74, 6) is 3.53. The van der Waals surface area contributed by atoms with Crippen molar-refractivity contribution in [2.45, 2.75) is 145 Å². The Bertz CT molecular complexity index is 377. The number of hydrogen-bond donors (Lipinski definition) is 0. The maximum absolute atomic E-state index is 2.52. The van der Waals surface area contributed by atoms with Crippen LogP contribution in [-0.4, -0.2) is 0 Å². The molecule has 29 heavy (non-hydrogen) atoms. The van der Waals surface area contributed by atoms with Crippen LogP contribution in [0.1, 0.15) is 145 Å². The van der Waals surface area contributed by atoms with E-state index in [4.69, 9.17) is 0 Å². The van der Waals surface area contributed by atoms with Gasteiger partial charge in [-0.25, -0.2) is 0 Å². The second-order valence-corrected chi connectivity index (χ2v) is 10.9. The predicted octanol–water partition coefficient (Wildman–Crippen LogP) is 10.6. The largest absolute Gasteiger partial charge is 0.0880 e. The third-order valence-electron chi connectivity index (χ3n) is 7.61. The van der Waals surface area contributed by atoms with Gasteiger partial charge in [0.05, 0.1) is 0 Å². The minimum absolute atomic E-state index is 0.552. The van der Waals surface area contributed by atoms with E-state index >= 15 is 0 Å². The summed E-state index contributed by atoms with van der Waals surface area (Å²) in [5.41, 5.74) is 0.552. The van der Waals surface area contributed by atoms with Crippen LogP contribution in [0, 0.1) is 29.1 Å². The van der Waals surface area contributed by atoms with Crippen molar-refractivity contribution in [1.29, 1.82) is 0 Å². The van der Waals surface area contributed by atoms with Crippen LogP contribution in [-0.2, 0) is 0 Å². The number of hydrogen-bond acceptors (Lipinski definition) is 0. The lowest BCUT2D eigenvalue weighted by molar-refractivity contribution is 0.286. The Morgan fingerprint density at radius 1 is 0.759 bits per heavy atom. The number of allylic oxidation sites excluding steroid dienone is 2. The van der Waals surface area contributed by atoms with Crippen molar-refractivity contribution < 1.29 is 0 Å². The van der Waals surface area contributed by atoms with Crippen molar-refractivity contribution in [3.05, 3.63) is 12.2 Å². The van der Waals surface area contributed by atoms with Crippen molar-refractivity contribution in [3.63, 3.8) is 0 Å². The Balaban J connectivity index is 4.20. The van der Waals surface area contributed by atoms with E-state index in [1.165, 1.54) is 89.9 Å². The zero-order valence-electron chi connectivity index (χ0n) is 21.9. The summed E-state index contributed by atoms with van der Waals surface area (Å²) in [6.45, 7) is 19.2.